The summed E-state index contributed by atoms with van der Waals surface area (Å²) in [6.07, 6.45) is 4.42. The second-order valence-electron chi connectivity index (χ2n) is 4.71. The molecule has 1 heterocycles. The van der Waals surface area contributed by atoms with Crippen LogP contribution < -0.4 is 0 Å². The van der Waals surface area contributed by atoms with Gasteiger partial charge in [-0.25, -0.2) is 4.39 Å². The molecule has 0 bridgehead atoms. The summed E-state index contributed by atoms with van der Waals surface area (Å²) in [7, 11) is 0. The molecule has 20 heavy (non-hydrogen) atoms. The van der Waals surface area contributed by atoms with Gasteiger partial charge in [0.2, 0.25) is 0 Å². The van der Waals surface area contributed by atoms with Crippen molar-refractivity contribution in [2.75, 3.05) is 0 Å². The topological polar surface area (TPSA) is 12.9 Å². The number of alkyl halides is 1. The molecule has 100 valence electrons. The van der Waals surface area contributed by atoms with Gasteiger partial charge in [0.1, 0.15) is 5.82 Å². The quantitative estimate of drug-likeness (QED) is 0.612. The van der Waals surface area contributed by atoms with Crippen LogP contribution in [0, 0.1) is 5.82 Å². The van der Waals surface area contributed by atoms with Crippen LogP contribution in [-0.2, 0) is 6.42 Å². The van der Waals surface area contributed by atoms with Crippen LogP contribution >= 0.6 is 15.9 Å². The lowest BCUT2D eigenvalue weighted by atomic mass is 9.98. The summed E-state index contributed by atoms with van der Waals surface area (Å²) in [5.74, 6) is -0.173. The molecule has 0 fully saturated rings. The van der Waals surface area contributed by atoms with E-state index in [-0.39, 0.29) is 10.6 Å². The zero-order chi connectivity index (χ0) is 13.9. The van der Waals surface area contributed by atoms with E-state index in [1.165, 1.54) is 5.56 Å². The SMILES string of the molecule is Fc1ccc(C(Br)Cc2ccncc2)c2ccccc12. The molecule has 0 aliphatic heterocycles. The zero-order valence-electron chi connectivity index (χ0n) is 10.8. The molecule has 1 aromatic heterocycles. The molecule has 3 rings (SSSR count). The highest BCUT2D eigenvalue weighted by atomic mass is 79.9. The number of hydrogen-bond acceptors (Lipinski definition) is 1. The number of aromatic nitrogens is 1. The summed E-state index contributed by atoms with van der Waals surface area (Å²) in [4.78, 5) is 4.17. The Labute approximate surface area is 125 Å². The van der Waals surface area contributed by atoms with Crippen LogP contribution in [0.25, 0.3) is 10.8 Å². The molecule has 0 saturated heterocycles. The van der Waals surface area contributed by atoms with Crippen molar-refractivity contribution in [1.29, 1.82) is 0 Å². The van der Waals surface area contributed by atoms with Gasteiger partial charge in [-0.15, -0.1) is 0 Å². The van der Waals surface area contributed by atoms with Crippen LogP contribution in [0.5, 0.6) is 0 Å². The normalized spacial score (nSPS) is 12.5. The maximum absolute atomic E-state index is 13.8. The number of fused-ring (bicyclic) bond motifs is 1. The Morgan fingerprint density at radius 2 is 1.65 bits per heavy atom. The molecular formula is C17H13BrFN. The van der Waals surface area contributed by atoms with Gasteiger partial charge in [0, 0.05) is 22.6 Å². The number of rotatable bonds is 3. The van der Waals surface area contributed by atoms with Crippen molar-refractivity contribution in [3.05, 3.63) is 77.9 Å². The molecule has 0 saturated carbocycles. The third kappa shape index (κ3) is 2.59. The standard InChI is InChI=1S/C17H13BrFN/c18-16(11-12-7-9-20-10-8-12)14-5-6-17(19)15-4-2-1-3-13(14)15/h1-10,16H,11H2. The maximum atomic E-state index is 13.8. The number of hydrogen-bond donors (Lipinski definition) is 0. The molecule has 0 aliphatic rings. The van der Waals surface area contributed by atoms with Crippen LogP contribution in [0.15, 0.2) is 60.9 Å². The predicted octanol–water partition coefficient (Wildman–Crippen LogP) is 5.05. The molecule has 1 atom stereocenters. The third-order valence-corrected chi connectivity index (χ3v) is 4.22. The highest BCUT2D eigenvalue weighted by Crippen LogP contribution is 2.33. The minimum atomic E-state index is -0.173. The Balaban J connectivity index is 2.00. The fourth-order valence-electron chi connectivity index (χ4n) is 2.39. The van der Waals surface area contributed by atoms with Crippen LogP contribution in [0.2, 0.25) is 0 Å². The molecule has 0 radical (unpaired) electrons. The van der Waals surface area contributed by atoms with E-state index in [0.29, 0.717) is 5.39 Å². The van der Waals surface area contributed by atoms with E-state index >= 15 is 0 Å². The molecule has 0 aliphatic carbocycles. The average molecular weight is 330 g/mol. The largest absolute Gasteiger partial charge is 0.265 e. The van der Waals surface area contributed by atoms with E-state index in [1.807, 2.05) is 42.5 Å². The second-order valence-corrected chi connectivity index (χ2v) is 5.81. The van der Waals surface area contributed by atoms with Gasteiger partial charge in [-0.3, -0.25) is 4.98 Å². The zero-order valence-corrected chi connectivity index (χ0v) is 12.3. The first kappa shape index (κ1) is 13.3. The van der Waals surface area contributed by atoms with E-state index in [4.69, 9.17) is 0 Å². The molecule has 2 aromatic carbocycles. The van der Waals surface area contributed by atoms with Crippen LogP contribution in [-0.4, -0.2) is 4.98 Å². The van der Waals surface area contributed by atoms with E-state index in [9.17, 15) is 4.39 Å². The van der Waals surface area contributed by atoms with E-state index < -0.39 is 0 Å². The van der Waals surface area contributed by atoms with Crippen molar-refractivity contribution >= 4 is 26.7 Å². The Bertz CT molecular complexity index is 727. The van der Waals surface area contributed by atoms with Crippen molar-refractivity contribution in [3.8, 4) is 0 Å². The molecule has 3 aromatic rings. The molecule has 3 heteroatoms. The summed E-state index contributed by atoms with van der Waals surface area (Å²) in [5.41, 5.74) is 2.31. The fourth-order valence-corrected chi connectivity index (χ4v) is 3.17. The summed E-state index contributed by atoms with van der Waals surface area (Å²) in [6, 6.07) is 15.0. The molecule has 1 nitrogen and oxygen atoms in total. The number of benzene rings is 2. The van der Waals surface area contributed by atoms with Crippen molar-refractivity contribution < 1.29 is 4.39 Å². The van der Waals surface area contributed by atoms with Crippen LogP contribution in [0.4, 0.5) is 4.39 Å². The van der Waals surface area contributed by atoms with E-state index in [2.05, 4.69) is 20.9 Å². The first-order chi connectivity index (χ1) is 9.75. The lowest BCUT2D eigenvalue weighted by Gasteiger charge is -2.13. The van der Waals surface area contributed by atoms with Crippen molar-refractivity contribution in [3.63, 3.8) is 0 Å². The van der Waals surface area contributed by atoms with Gasteiger partial charge < -0.3 is 0 Å². The fraction of sp³-hybridized carbons (Fsp3) is 0.118. The van der Waals surface area contributed by atoms with Gasteiger partial charge in [-0.2, -0.15) is 0 Å². The summed E-state index contributed by atoms with van der Waals surface area (Å²) < 4.78 is 13.8. The Morgan fingerprint density at radius 1 is 0.950 bits per heavy atom. The summed E-state index contributed by atoms with van der Waals surface area (Å²) in [6.45, 7) is 0. The van der Waals surface area contributed by atoms with E-state index in [1.54, 1.807) is 18.5 Å². The lowest BCUT2D eigenvalue weighted by Crippen LogP contribution is -1.97. The molecule has 0 amide bonds. The molecule has 0 spiro atoms. The molecular weight excluding hydrogens is 317 g/mol. The summed E-state index contributed by atoms with van der Waals surface area (Å²) >= 11 is 3.73. The average Bonchev–Trinajstić information content (AvgIpc) is 2.49. The highest BCUT2D eigenvalue weighted by molar-refractivity contribution is 9.09. The minimum absolute atomic E-state index is 0.149. The molecule has 1 unspecified atom stereocenters. The smallest absolute Gasteiger partial charge is 0.131 e. The molecule has 0 N–H and O–H groups in total. The minimum Gasteiger partial charge on any atom is -0.265 e. The second kappa shape index (κ2) is 5.71. The Hall–Kier alpha value is -1.74. The maximum Gasteiger partial charge on any atom is 0.131 e. The lowest BCUT2D eigenvalue weighted by molar-refractivity contribution is 0.639. The van der Waals surface area contributed by atoms with Crippen LogP contribution in [0.3, 0.4) is 0 Å². The Morgan fingerprint density at radius 3 is 2.40 bits per heavy atom. The first-order valence-corrected chi connectivity index (χ1v) is 7.37. The number of halogens is 2. The predicted molar refractivity (Wildman–Crippen MR) is 83.5 cm³/mol. The number of nitrogens with zero attached hydrogens (tertiary/aromatic N) is 1. The van der Waals surface area contributed by atoms with E-state index in [0.717, 1.165) is 17.4 Å². The highest BCUT2D eigenvalue weighted by Gasteiger charge is 2.13. The Kier molecular flexibility index (Phi) is 3.79. The third-order valence-electron chi connectivity index (χ3n) is 3.41. The summed E-state index contributed by atoms with van der Waals surface area (Å²) in [5, 5.41) is 1.63. The van der Waals surface area contributed by atoms with Crippen molar-refractivity contribution in [2.45, 2.75) is 11.2 Å². The van der Waals surface area contributed by atoms with Gasteiger partial charge >= 0.3 is 0 Å². The van der Waals surface area contributed by atoms with Crippen LogP contribution in [0.1, 0.15) is 16.0 Å². The van der Waals surface area contributed by atoms with Gasteiger partial charge in [-0.05, 0) is 41.1 Å². The van der Waals surface area contributed by atoms with Crippen molar-refractivity contribution in [1.82, 2.24) is 4.98 Å². The van der Waals surface area contributed by atoms with Crippen molar-refractivity contribution in [2.24, 2.45) is 0 Å². The number of pyridine rings is 1. The first-order valence-electron chi connectivity index (χ1n) is 6.46. The van der Waals surface area contributed by atoms with Gasteiger partial charge in [0.05, 0.1) is 0 Å². The van der Waals surface area contributed by atoms with Gasteiger partial charge in [-0.1, -0.05) is 46.3 Å². The van der Waals surface area contributed by atoms with Gasteiger partial charge in [0.15, 0.2) is 0 Å². The monoisotopic (exact) mass is 329 g/mol. The van der Waals surface area contributed by atoms with Gasteiger partial charge in [0.25, 0.3) is 0 Å².